The Morgan fingerprint density at radius 3 is 2.65 bits per heavy atom. The number of likely N-dealkylation sites (tertiary alicyclic amines) is 1. The van der Waals surface area contributed by atoms with E-state index in [1.165, 1.54) is 19.3 Å². The Morgan fingerprint density at radius 2 is 1.94 bits per heavy atom. The van der Waals surface area contributed by atoms with Gasteiger partial charge in [-0.2, -0.15) is 0 Å². The van der Waals surface area contributed by atoms with Gasteiger partial charge in [-0.05, 0) is 33.1 Å². The molecule has 0 bridgehead atoms. The first-order valence-electron chi connectivity index (χ1n) is 6.80. The summed E-state index contributed by atoms with van der Waals surface area (Å²) < 4.78 is 5.58. The maximum Gasteiger partial charge on any atom is 0.236 e. The van der Waals surface area contributed by atoms with Crippen molar-refractivity contribution in [2.45, 2.75) is 45.3 Å². The van der Waals surface area contributed by atoms with Crippen molar-refractivity contribution in [1.29, 1.82) is 0 Å². The normalized spacial score (nSPS) is 31.5. The lowest BCUT2D eigenvalue weighted by Crippen LogP contribution is -2.52. The van der Waals surface area contributed by atoms with Crippen LogP contribution in [0.3, 0.4) is 0 Å². The Labute approximate surface area is 104 Å². The highest BCUT2D eigenvalue weighted by Gasteiger charge is 2.27. The van der Waals surface area contributed by atoms with Crippen LogP contribution in [0, 0.1) is 0 Å². The van der Waals surface area contributed by atoms with Gasteiger partial charge in [0.2, 0.25) is 5.91 Å². The predicted octanol–water partition coefficient (Wildman–Crippen LogP) is 1.11. The van der Waals surface area contributed by atoms with Gasteiger partial charge < -0.3 is 9.64 Å². The molecule has 2 aliphatic rings. The third-order valence-corrected chi connectivity index (χ3v) is 3.78. The molecule has 0 N–H and O–H groups in total. The van der Waals surface area contributed by atoms with Gasteiger partial charge in [0.05, 0.1) is 19.3 Å². The third-order valence-electron chi connectivity index (χ3n) is 3.78. The minimum absolute atomic E-state index is 0.250. The van der Waals surface area contributed by atoms with Crippen molar-refractivity contribution in [3.63, 3.8) is 0 Å². The van der Waals surface area contributed by atoms with Crippen molar-refractivity contribution in [1.82, 2.24) is 9.80 Å². The van der Waals surface area contributed by atoms with E-state index in [4.69, 9.17) is 4.74 Å². The molecule has 2 rings (SSSR count). The van der Waals surface area contributed by atoms with E-state index in [0.29, 0.717) is 18.5 Å². The molecule has 4 heteroatoms. The van der Waals surface area contributed by atoms with E-state index in [9.17, 15) is 4.79 Å². The van der Waals surface area contributed by atoms with Crippen molar-refractivity contribution in [3.05, 3.63) is 0 Å². The van der Waals surface area contributed by atoms with Gasteiger partial charge in [-0.3, -0.25) is 9.69 Å². The molecule has 0 saturated carbocycles. The van der Waals surface area contributed by atoms with Gasteiger partial charge in [-0.1, -0.05) is 0 Å². The number of carbonyl (C=O) groups is 1. The smallest absolute Gasteiger partial charge is 0.236 e. The van der Waals surface area contributed by atoms with Crippen molar-refractivity contribution in [3.8, 4) is 0 Å². The lowest BCUT2D eigenvalue weighted by atomic mass is 10.1. The molecular formula is C13H24N2O2. The van der Waals surface area contributed by atoms with E-state index in [2.05, 4.69) is 18.7 Å². The van der Waals surface area contributed by atoms with Crippen LogP contribution in [0.5, 0.6) is 0 Å². The van der Waals surface area contributed by atoms with E-state index in [-0.39, 0.29) is 6.10 Å². The largest absolute Gasteiger partial charge is 0.376 e. The number of piperidine rings is 1. The van der Waals surface area contributed by atoms with Crippen LogP contribution < -0.4 is 0 Å². The second kappa shape index (κ2) is 5.83. The highest BCUT2D eigenvalue weighted by atomic mass is 16.5. The monoisotopic (exact) mass is 240 g/mol. The Bertz CT molecular complexity index is 264. The van der Waals surface area contributed by atoms with Crippen LogP contribution in [-0.2, 0) is 9.53 Å². The van der Waals surface area contributed by atoms with Crippen molar-refractivity contribution in [2.24, 2.45) is 0 Å². The summed E-state index contributed by atoms with van der Waals surface area (Å²) in [7, 11) is 0. The van der Waals surface area contributed by atoms with E-state index in [0.717, 1.165) is 26.2 Å². The molecule has 0 spiro atoms. The van der Waals surface area contributed by atoms with Crippen LogP contribution in [0.15, 0.2) is 0 Å². The molecule has 0 aliphatic carbocycles. The summed E-state index contributed by atoms with van der Waals surface area (Å²) in [4.78, 5) is 16.4. The van der Waals surface area contributed by atoms with Crippen LogP contribution in [0.25, 0.3) is 0 Å². The standard InChI is InChI=1S/C13H24N2O2/c1-11-10-17-12(2)8-15(11)9-13(16)14-6-4-3-5-7-14/h11-12H,3-10H2,1-2H3. The fourth-order valence-corrected chi connectivity index (χ4v) is 2.61. The van der Waals surface area contributed by atoms with Crippen LogP contribution >= 0.6 is 0 Å². The van der Waals surface area contributed by atoms with Crippen LogP contribution in [0.2, 0.25) is 0 Å². The number of morpholine rings is 1. The average Bonchev–Trinajstić information content (AvgIpc) is 2.35. The molecule has 0 aromatic heterocycles. The number of hydrogen-bond donors (Lipinski definition) is 0. The maximum atomic E-state index is 12.2. The van der Waals surface area contributed by atoms with Gasteiger partial charge in [-0.25, -0.2) is 0 Å². The molecule has 98 valence electrons. The molecule has 0 aromatic rings. The van der Waals surface area contributed by atoms with E-state index in [1.54, 1.807) is 0 Å². The Balaban J connectivity index is 1.83. The van der Waals surface area contributed by atoms with Gasteiger partial charge in [0.25, 0.3) is 0 Å². The predicted molar refractivity (Wildman–Crippen MR) is 66.9 cm³/mol. The zero-order valence-corrected chi connectivity index (χ0v) is 11.0. The van der Waals surface area contributed by atoms with Crippen LogP contribution in [0.4, 0.5) is 0 Å². The van der Waals surface area contributed by atoms with Crippen LogP contribution in [0.1, 0.15) is 33.1 Å². The quantitative estimate of drug-likeness (QED) is 0.725. The second-order valence-corrected chi connectivity index (χ2v) is 5.36. The van der Waals surface area contributed by atoms with Crippen LogP contribution in [-0.4, -0.2) is 60.6 Å². The summed E-state index contributed by atoms with van der Waals surface area (Å²) in [5, 5.41) is 0. The number of carbonyl (C=O) groups excluding carboxylic acids is 1. The zero-order chi connectivity index (χ0) is 12.3. The topological polar surface area (TPSA) is 32.8 Å². The number of ether oxygens (including phenoxy) is 1. The summed E-state index contributed by atoms with van der Waals surface area (Å²) in [5.41, 5.74) is 0. The molecule has 2 fully saturated rings. The summed E-state index contributed by atoms with van der Waals surface area (Å²) >= 11 is 0. The Kier molecular flexibility index (Phi) is 4.40. The van der Waals surface area contributed by atoms with Crippen molar-refractivity contribution in [2.75, 3.05) is 32.8 Å². The molecule has 2 atom stereocenters. The van der Waals surface area contributed by atoms with Gasteiger partial charge in [0.15, 0.2) is 0 Å². The molecule has 1 amide bonds. The first-order valence-corrected chi connectivity index (χ1v) is 6.80. The fourth-order valence-electron chi connectivity index (χ4n) is 2.61. The lowest BCUT2D eigenvalue weighted by Gasteiger charge is -2.37. The summed E-state index contributed by atoms with van der Waals surface area (Å²) in [5.74, 6) is 0.297. The van der Waals surface area contributed by atoms with Crippen molar-refractivity contribution < 1.29 is 9.53 Å². The Morgan fingerprint density at radius 1 is 1.24 bits per heavy atom. The molecule has 0 aromatic carbocycles. The van der Waals surface area contributed by atoms with E-state index in [1.807, 2.05) is 4.90 Å². The molecule has 2 unspecified atom stereocenters. The molecule has 0 radical (unpaired) electrons. The minimum atomic E-state index is 0.250. The zero-order valence-electron chi connectivity index (χ0n) is 11.0. The number of nitrogens with zero attached hydrogens (tertiary/aromatic N) is 2. The minimum Gasteiger partial charge on any atom is -0.376 e. The first kappa shape index (κ1) is 12.8. The number of amides is 1. The van der Waals surface area contributed by atoms with Crippen molar-refractivity contribution >= 4 is 5.91 Å². The van der Waals surface area contributed by atoms with E-state index < -0.39 is 0 Å². The average molecular weight is 240 g/mol. The lowest BCUT2D eigenvalue weighted by molar-refractivity contribution is -0.136. The summed E-state index contributed by atoms with van der Waals surface area (Å²) in [6.07, 6.45) is 3.86. The van der Waals surface area contributed by atoms with E-state index >= 15 is 0 Å². The molecule has 2 saturated heterocycles. The number of rotatable bonds is 2. The second-order valence-electron chi connectivity index (χ2n) is 5.36. The number of hydrogen-bond acceptors (Lipinski definition) is 3. The third kappa shape index (κ3) is 3.42. The summed E-state index contributed by atoms with van der Waals surface area (Å²) in [6, 6.07) is 0.361. The van der Waals surface area contributed by atoms with Gasteiger partial charge in [-0.15, -0.1) is 0 Å². The Hall–Kier alpha value is -0.610. The van der Waals surface area contributed by atoms with Gasteiger partial charge in [0, 0.05) is 25.7 Å². The molecule has 4 nitrogen and oxygen atoms in total. The molecule has 17 heavy (non-hydrogen) atoms. The van der Waals surface area contributed by atoms with Gasteiger partial charge in [0.1, 0.15) is 0 Å². The van der Waals surface area contributed by atoms with Gasteiger partial charge >= 0.3 is 0 Å². The molecular weight excluding hydrogens is 216 g/mol. The fraction of sp³-hybridized carbons (Fsp3) is 0.923. The highest BCUT2D eigenvalue weighted by Crippen LogP contribution is 2.13. The highest BCUT2D eigenvalue weighted by molar-refractivity contribution is 5.78. The SMILES string of the molecule is CC1CN(CC(=O)N2CCCCC2)C(C)CO1. The molecule has 2 heterocycles. The maximum absolute atomic E-state index is 12.2. The molecule has 2 aliphatic heterocycles. The summed E-state index contributed by atoms with van der Waals surface area (Å²) in [6.45, 7) is 8.30. The first-order chi connectivity index (χ1) is 8.16.